The molecule has 1 aliphatic heterocycles. The van der Waals surface area contributed by atoms with Crippen molar-refractivity contribution in [1.82, 2.24) is 19.3 Å². The van der Waals surface area contributed by atoms with Gasteiger partial charge in [-0.25, -0.2) is 9.97 Å². The molecular weight excluding hydrogens is 471 g/mol. The number of para-hydroxylation sites is 1. The van der Waals surface area contributed by atoms with Gasteiger partial charge in [-0.2, -0.15) is 13.2 Å². The summed E-state index contributed by atoms with van der Waals surface area (Å²) in [6.07, 6.45) is 0.249. The Bertz CT molecular complexity index is 1380. The van der Waals surface area contributed by atoms with Crippen LogP contribution in [0.1, 0.15) is 27.2 Å². The van der Waals surface area contributed by atoms with Gasteiger partial charge in [0, 0.05) is 44.8 Å². The SMILES string of the molecule is Cc1cccn2cc(COc3ccccc3C(=O)N3CCN(c4ccc(C(F)(F)F)cn4)CC3)nc12. The van der Waals surface area contributed by atoms with E-state index in [-0.39, 0.29) is 12.5 Å². The van der Waals surface area contributed by atoms with Gasteiger partial charge in [-0.15, -0.1) is 0 Å². The number of hydrogen-bond donors (Lipinski definition) is 0. The number of hydrogen-bond acceptors (Lipinski definition) is 5. The summed E-state index contributed by atoms with van der Waals surface area (Å²) in [5.41, 5.74) is 2.35. The van der Waals surface area contributed by atoms with Crippen LogP contribution in [0.15, 0.2) is 67.1 Å². The van der Waals surface area contributed by atoms with E-state index < -0.39 is 11.7 Å². The van der Waals surface area contributed by atoms with Crippen molar-refractivity contribution in [1.29, 1.82) is 0 Å². The lowest BCUT2D eigenvalue weighted by atomic mass is 10.1. The van der Waals surface area contributed by atoms with Crippen LogP contribution in [0.2, 0.25) is 0 Å². The van der Waals surface area contributed by atoms with Crippen molar-refractivity contribution in [2.75, 3.05) is 31.1 Å². The molecule has 1 aromatic carbocycles. The number of carbonyl (C=O) groups is 1. The number of rotatable bonds is 5. The number of amides is 1. The molecule has 0 bridgehead atoms. The van der Waals surface area contributed by atoms with Crippen LogP contribution < -0.4 is 9.64 Å². The summed E-state index contributed by atoms with van der Waals surface area (Å²) in [5, 5.41) is 0. The molecule has 4 aromatic rings. The first-order valence-electron chi connectivity index (χ1n) is 11.5. The molecule has 3 aromatic heterocycles. The predicted octanol–water partition coefficient (Wildman–Crippen LogP) is 4.60. The van der Waals surface area contributed by atoms with Gasteiger partial charge in [-0.05, 0) is 42.8 Å². The fourth-order valence-electron chi connectivity index (χ4n) is 4.24. The van der Waals surface area contributed by atoms with Crippen LogP contribution in [0.3, 0.4) is 0 Å². The topological polar surface area (TPSA) is 63.0 Å². The number of benzene rings is 1. The lowest BCUT2D eigenvalue weighted by Crippen LogP contribution is -2.49. The average molecular weight is 496 g/mol. The number of halogens is 3. The monoisotopic (exact) mass is 495 g/mol. The Morgan fingerprint density at radius 3 is 2.50 bits per heavy atom. The summed E-state index contributed by atoms with van der Waals surface area (Å²) in [5.74, 6) is 0.779. The normalized spacial score (nSPS) is 14.3. The second-order valence-electron chi connectivity index (χ2n) is 8.62. The van der Waals surface area contributed by atoms with Crippen molar-refractivity contribution in [2.45, 2.75) is 19.7 Å². The number of pyridine rings is 2. The third-order valence-corrected chi connectivity index (χ3v) is 6.19. The van der Waals surface area contributed by atoms with E-state index in [2.05, 4.69) is 9.97 Å². The number of aromatic nitrogens is 3. The molecule has 10 heteroatoms. The summed E-state index contributed by atoms with van der Waals surface area (Å²) in [6, 6.07) is 13.4. The molecule has 0 N–H and O–H groups in total. The van der Waals surface area contributed by atoms with Gasteiger partial charge in [0.15, 0.2) is 0 Å². The molecule has 36 heavy (non-hydrogen) atoms. The summed E-state index contributed by atoms with van der Waals surface area (Å²) < 4.78 is 46.3. The van der Waals surface area contributed by atoms with Crippen molar-refractivity contribution >= 4 is 17.4 Å². The van der Waals surface area contributed by atoms with Crippen LogP contribution in [-0.4, -0.2) is 51.4 Å². The zero-order valence-corrected chi connectivity index (χ0v) is 19.6. The predicted molar refractivity (Wildman–Crippen MR) is 128 cm³/mol. The highest BCUT2D eigenvalue weighted by molar-refractivity contribution is 5.97. The van der Waals surface area contributed by atoms with Gasteiger partial charge < -0.3 is 18.9 Å². The Hall–Kier alpha value is -4.08. The Morgan fingerprint density at radius 1 is 1.03 bits per heavy atom. The van der Waals surface area contributed by atoms with Crippen molar-refractivity contribution in [2.24, 2.45) is 0 Å². The van der Waals surface area contributed by atoms with Crippen LogP contribution in [0.5, 0.6) is 5.75 Å². The second kappa shape index (κ2) is 9.52. The largest absolute Gasteiger partial charge is 0.486 e. The van der Waals surface area contributed by atoms with Gasteiger partial charge in [-0.1, -0.05) is 18.2 Å². The van der Waals surface area contributed by atoms with Crippen molar-refractivity contribution in [3.63, 3.8) is 0 Å². The summed E-state index contributed by atoms with van der Waals surface area (Å²) in [4.78, 5) is 25.5. The summed E-state index contributed by atoms with van der Waals surface area (Å²) in [7, 11) is 0. The maximum Gasteiger partial charge on any atom is 0.417 e. The minimum Gasteiger partial charge on any atom is -0.486 e. The van der Waals surface area contributed by atoms with Gasteiger partial charge in [0.1, 0.15) is 23.8 Å². The molecular formula is C26H24F3N5O2. The van der Waals surface area contributed by atoms with E-state index in [1.165, 1.54) is 6.07 Å². The first-order valence-corrected chi connectivity index (χ1v) is 11.5. The molecule has 7 nitrogen and oxygen atoms in total. The first-order chi connectivity index (χ1) is 17.3. The van der Waals surface area contributed by atoms with Crippen molar-refractivity contribution in [3.8, 4) is 5.75 Å². The van der Waals surface area contributed by atoms with Crippen LogP contribution in [-0.2, 0) is 12.8 Å². The van der Waals surface area contributed by atoms with Gasteiger partial charge in [0.2, 0.25) is 0 Å². The van der Waals surface area contributed by atoms with Gasteiger partial charge in [0.25, 0.3) is 5.91 Å². The highest BCUT2D eigenvalue weighted by atomic mass is 19.4. The van der Waals surface area contributed by atoms with E-state index >= 15 is 0 Å². The molecule has 4 heterocycles. The van der Waals surface area contributed by atoms with Crippen LogP contribution >= 0.6 is 0 Å². The molecule has 0 aliphatic carbocycles. The van der Waals surface area contributed by atoms with E-state index in [0.29, 0.717) is 43.3 Å². The highest BCUT2D eigenvalue weighted by Gasteiger charge is 2.31. The first kappa shape index (κ1) is 23.7. The third-order valence-electron chi connectivity index (χ3n) is 6.19. The van der Waals surface area contributed by atoms with Gasteiger partial charge in [0.05, 0.1) is 16.8 Å². The quantitative estimate of drug-likeness (QED) is 0.405. The number of fused-ring (bicyclic) bond motifs is 1. The minimum atomic E-state index is -4.42. The van der Waals surface area contributed by atoms with E-state index in [9.17, 15) is 18.0 Å². The lowest BCUT2D eigenvalue weighted by molar-refractivity contribution is -0.137. The number of aryl methyl sites for hydroxylation is 1. The van der Waals surface area contributed by atoms with E-state index in [1.807, 2.05) is 46.8 Å². The highest BCUT2D eigenvalue weighted by Crippen LogP contribution is 2.29. The van der Waals surface area contributed by atoms with Crippen LogP contribution in [0.25, 0.3) is 5.65 Å². The number of alkyl halides is 3. The third kappa shape index (κ3) is 4.84. The van der Waals surface area contributed by atoms with E-state index in [1.54, 1.807) is 23.1 Å². The number of anilines is 1. The minimum absolute atomic E-state index is 0.156. The lowest BCUT2D eigenvalue weighted by Gasteiger charge is -2.35. The smallest absolute Gasteiger partial charge is 0.417 e. The van der Waals surface area contributed by atoms with Gasteiger partial charge in [-0.3, -0.25) is 4.79 Å². The molecule has 0 radical (unpaired) electrons. The molecule has 1 saturated heterocycles. The molecule has 0 spiro atoms. The van der Waals surface area contributed by atoms with Crippen molar-refractivity contribution in [3.05, 3.63) is 89.5 Å². The standard InChI is InChI=1S/C26H24F3N5O2/c1-18-5-4-10-34-16-20(31-24(18)34)17-36-22-7-3-2-6-21(22)25(35)33-13-11-32(12-14-33)23-9-8-19(15-30-23)26(27,28)29/h2-10,15-16H,11-14,17H2,1H3. The average Bonchev–Trinajstić information content (AvgIpc) is 3.31. The van der Waals surface area contributed by atoms with Crippen molar-refractivity contribution < 1.29 is 22.7 Å². The summed E-state index contributed by atoms with van der Waals surface area (Å²) >= 11 is 0. The molecule has 0 unspecified atom stereocenters. The number of ether oxygens (including phenoxy) is 1. The number of piperazine rings is 1. The molecule has 0 saturated carbocycles. The summed E-state index contributed by atoms with van der Waals surface area (Å²) in [6.45, 7) is 3.98. The Kier molecular flexibility index (Phi) is 6.26. The Labute approximate surface area is 205 Å². The van der Waals surface area contributed by atoms with Crippen LogP contribution in [0.4, 0.5) is 19.0 Å². The maximum absolute atomic E-state index is 13.3. The van der Waals surface area contributed by atoms with Crippen LogP contribution in [0, 0.1) is 6.92 Å². The molecule has 1 fully saturated rings. The molecule has 1 aliphatic rings. The Morgan fingerprint density at radius 2 is 1.81 bits per heavy atom. The maximum atomic E-state index is 13.3. The zero-order chi connectivity index (χ0) is 25.3. The van der Waals surface area contributed by atoms with Gasteiger partial charge >= 0.3 is 6.18 Å². The molecule has 1 amide bonds. The molecule has 0 atom stereocenters. The number of imidazole rings is 1. The fraction of sp³-hybridized carbons (Fsp3) is 0.269. The second-order valence-corrected chi connectivity index (χ2v) is 8.62. The molecule has 186 valence electrons. The van der Waals surface area contributed by atoms with E-state index in [4.69, 9.17) is 4.74 Å². The number of nitrogens with zero attached hydrogens (tertiary/aromatic N) is 5. The van der Waals surface area contributed by atoms with E-state index in [0.717, 1.165) is 29.2 Å². The molecule has 5 rings (SSSR count). The zero-order valence-electron chi connectivity index (χ0n) is 19.6. The number of carbonyl (C=O) groups excluding carboxylic acids is 1. The Balaban J connectivity index is 1.23. The fourth-order valence-corrected chi connectivity index (χ4v) is 4.24.